The minimum Gasteiger partial charge on any atom is -0.481 e. The average Bonchev–Trinajstić information content (AvgIpc) is 2.76. The SMILES string of the molecule is CCCC(CC(=O)O)NC(=O)N1CCCC1CC. The van der Waals surface area contributed by atoms with Gasteiger partial charge >= 0.3 is 12.0 Å². The maximum absolute atomic E-state index is 12.1. The quantitative estimate of drug-likeness (QED) is 0.765. The maximum Gasteiger partial charge on any atom is 0.317 e. The largest absolute Gasteiger partial charge is 0.481 e. The molecule has 0 saturated carbocycles. The number of carbonyl (C=O) groups is 2. The molecule has 1 saturated heterocycles. The van der Waals surface area contributed by atoms with E-state index in [0.717, 1.165) is 32.2 Å². The van der Waals surface area contributed by atoms with E-state index in [1.54, 1.807) is 0 Å². The van der Waals surface area contributed by atoms with Crippen LogP contribution in [0.4, 0.5) is 4.79 Å². The molecule has 0 bridgehead atoms. The van der Waals surface area contributed by atoms with Gasteiger partial charge in [-0.2, -0.15) is 0 Å². The van der Waals surface area contributed by atoms with Crippen molar-refractivity contribution in [3.8, 4) is 0 Å². The second-order valence-electron chi connectivity index (χ2n) is 4.93. The Morgan fingerprint density at radius 1 is 1.44 bits per heavy atom. The maximum atomic E-state index is 12.1. The molecule has 0 aromatic rings. The number of amides is 2. The summed E-state index contributed by atoms with van der Waals surface area (Å²) in [6, 6.07) is -0.0331. The first kappa shape index (κ1) is 14.8. The van der Waals surface area contributed by atoms with Gasteiger partial charge < -0.3 is 15.3 Å². The highest BCUT2D eigenvalue weighted by Crippen LogP contribution is 2.20. The minimum atomic E-state index is -0.859. The van der Waals surface area contributed by atoms with Gasteiger partial charge in [0.1, 0.15) is 0 Å². The second-order valence-corrected chi connectivity index (χ2v) is 4.93. The first-order valence-corrected chi connectivity index (χ1v) is 6.87. The average molecular weight is 256 g/mol. The summed E-state index contributed by atoms with van der Waals surface area (Å²) in [5.41, 5.74) is 0. The zero-order valence-electron chi connectivity index (χ0n) is 11.3. The Kier molecular flexibility index (Phi) is 5.95. The first-order chi connectivity index (χ1) is 8.58. The van der Waals surface area contributed by atoms with Crippen LogP contribution in [0.3, 0.4) is 0 Å². The van der Waals surface area contributed by atoms with Crippen molar-refractivity contribution >= 4 is 12.0 Å². The summed E-state index contributed by atoms with van der Waals surface area (Å²) in [5, 5.41) is 11.7. The van der Waals surface area contributed by atoms with Crippen LogP contribution in [0.2, 0.25) is 0 Å². The predicted octanol–water partition coefficient (Wildman–Crippen LogP) is 2.21. The summed E-state index contributed by atoms with van der Waals surface area (Å²) in [4.78, 5) is 24.7. The van der Waals surface area contributed by atoms with Crippen molar-refractivity contribution in [2.24, 2.45) is 0 Å². The number of nitrogens with zero attached hydrogens (tertiary/aromatic N) is 1. The van der Waals surface area contributed by atoms with Gasteiger partial charge in [-0.05, 0) is 25.7 Å². The van der Waals surface area contributed by atoms with Crippen molar-refractivity contribution in [2.45, 2.75) is 64.5 Å². The highest BCUT2D eigenvalue weighted by atomic mass is 16.4. The predicted molar refractivity (Wildman–Crippen MR) is 69.5 cm³/mol. The van der Waals surface area contributed by atoms with Crippen molar-refractivity contribution in [2.75, 3.05) is 6.54 Å². The molecule has 0 aliphatic carbocycles. The number of carboxylic acids is 1. The van der Waals surface area contributed by atoms with Crippen LogP contribution >= 0.6 is 0 Å². The number of carboxylic acid groups (broad SMARTS) is 1. The third-order valence-electron chi connectivity index (χ3n) is 3.50. The number of rotatable bonds is 6. The lowest BCUT2D eigenvalue weighted by molar-refractivity contribution is -0.137. The Labute approximate surface area is 109 Å². The van der Waals surface area contributed by atoms with Crippen LogP contribution in [0, 0.1) is 0 Å². The molecule has 2 N–H and O–H groups in total. The van der Waals surface area contributed by atoms with Crippen molar-refractivity contribution in [1.82, 2.24) is 10.2 Å². The molecule has 1 aliphatic heterocycles. The third-order valence-corrected chi connectivity index (χ3v) is 3.50. The van der Waals surface area contributed by atoms with E-state index in [1.165, 1.54) is 0 Å². The molecule has 5 nitrogen and oxygen atoms in total. The first-order valence-electron chi connectivity index (χ1n) is 6.87. The Balaban J connectivity index is 2.51. The van der Waals surface area contributed by atoms with Gasteiger partial charge in [-0.3, -0.25) is 4.79 Å². The number of aliphatic carboxylic acids is 1. The molecule has 2 unspecified atom stereocenters. The molecule has 0 aromatic carbocycles. The Morgan fingerprint density at radius 2 is 2.17 bits per heavy atom. The smallest absolute Gasteiger partial charge is 0.317 e. The topological polar surface area (TPSA) is 69.6 Å². The van der Waals surface area contributed by atoms with Crippen molar-refractivity contribution in [3.63, 3.8) is 0 Å². The standard InChI is InChI=1S/C13H24N2O3/c1-3-6-10(9-12(16)17)14-13(18)15-8-5-7-11(15)4-2/h10-11H,3-9H2,1-2H3,(H,14,18)(H,16,17). The van der Waals surface area contributed by atoms with Gasteiger partial charge in [-0.25, -0.2) is 4.79 Å². The number of likely N-dealkylation sites (tertiary alicyclic amines) is 1. The van der Waals surface area contributed by atoms with Crippen molar-refractivity contribution in [3.05, 3.63) is 0 Å². The minimum absolute atomic E-state index is 0.00418. The molecule has 1 heterocycles. The molecule has 5 heteroatoms. The van der Waals surface area contributed by atoms with E-state index in [-0.39, 0.29) is 18.5 Å². The zero-order valence-corrected chi connectivity index (χ0v) is 11.3. The van der Waals surface area contributed by atoms with E-state index in [2.05, 4.69) is 12.2 Å². The molecular weight excluding hydrogens is 232 g/mol. The number of hydrogen-bond donors (Lipinski definition) is 2. The summed E-state index contributed by atoms with van der Waals surface area (Å²) in [5.74, 6) is -0.859. The van der Waals surface area contributed by atoms with Gasteiger partial charge in [0.25, 0.3) is 0 Å². The molecule has 1 fully saturated rings. The van der Waals surface area contributed by atoms with Crippen LogP contribution in [0.15, 0.2) is 0 Å². The number of nitrogens with one attached hydrogen (secondary N) is 1. The fourth-order valence-corrected chi connectivity index (χ4v) is 2.57. The molecule has 2 amide bonds. The van der Waals surface area contributed by atoms with Crippen LogP contribution in [0.5, 0.6) is 0 Å². The van der Waals surface area contributed by atoms with Crippen LogP contribution in [-0.2, 0) is 4.79 Å². The highest BCUT2D eigenvalue weighted by molar-refractivity contribution is 5.76. The van der Waals surface area contributed by atoms with Crippen molar-refractivity contribution in [1.29, 1.82) is 0 Å². The van der Waals surface area contributed by atoms with Gasteiger partial charge in [0.05, 0.1) is 6.42 Å². The second kappa shape index (κ2) is 7.24. The Morgan fingerprint density at radius 3 is 2.72 bits per heavy atom. The summed E-state index contributed by atoms with van der Waals surface area (Å²) in [7, 11) is 0. The number of hydrogen-bond acceptors (Lipinski definition) is 2. The lowest BCUT2D eigenvalue weighted by Gasteiger charge is -2.26. The van der Waals surface area contributed by atoms with Crippen LogP contribution in [-0.4, -0.2) is 40.6 Å². The van der Waals surface area contributed by atoms with Gasteiger partial charge in [-0.1, -0.05) is 20.3 Å². The van der Waals surface area contributed by atoms with E-state index < -0.39 is 5.97 Å². The van der Waals surface area contributed by atoms with E-state index in [9.17, 15) is 9.59 Å². The molecule has 18 heavy (non-hydrogen) atoms. The highest BCUT2D eigenvalue weighted by Gasteiger charge is 2.28. The molecule has 104 valence electrons. The Hall–Kier alpha value is -1.26. The van der Waals surface area contributed by atoms with E-state index in [4.69, 9.17) is 5.11 Å². The van der Waals surface area contributed by atoms with Gasteiger partial charge in [0.15, 0.2) is 0 Å². The van der Waals surface area contributed by atoms with E-state index in [1.807, 2.05) is 11.8 Å². The monoisotopic (exact) mass is 256 g/mol. The molecule has 0 aromatic heterocycles. The van der Waals surface area contributed by atoms with Crippen LogP contribution in [0.25, 0.3) is 0 Å². The lowest BCUT2D eigenvalue weighted by Crippen LogP contribution is -2.47. The summed E-state index contributed by atoms with van der Waals surface area (Å²) in [6.07, 6.45) is 4.65. The molecule has 2 atom stereocenters. The lowest BCUT2D eigenvalue weighted by atomic mass is 10.1. The van der Waals surface area contributed by atoms with Crippen LogP contribution in [0.1, 0.15) is 52.4 Å². The summed E-state index contributed by atoms with van der Waals surface area (Å²) < 4.78 is 0. The third kappa shape index (κ3) is 4.20. The molecule has 0 spiro atoms. The Bertz CT molecular complexity index is 294. The fourth-order valence-electron chi connectivity index (χ4n) is 2.57. The fraction of sp³-hybridized carbons (Fsp3) is 0.846. The molecule has 0 radical (unpaired) electrons. The molecular formula is C13H24N2O3. The molecule has 1 rings (SSSR count). The molecule has 1 aliphatic rings. The van der Waals surface area contributed by atoms with E-state index >= 15 is 0 Å². The van der Waals surface area contributed by atoms with Gasteiger partial charge in [-0.15, -0.1) is 0 Å². The normalized spacial score (nSPS) is 20.8. The zero-order chi connectivity index (χ0) is 13.5. The van der Waals surface area contributed by atoms with Crippen molar-refractivity contribution < 1.29 is 14.7 Å². The summed E-state index contributed by atoms with van der Waals surface area (Å²) >= 11 is 0. The summed E-state index contributed by atoms with van der Waals surface area (Å²) in [6.45, 7) is 4.86. The van der Waals surface area contributed by atoms with E-state index in [0.29, 0.717) is 12.5 Å². The number of urea groups is 1. The van der Waals surface area contributed by atoms with Crippen LogP contribution < -0.4 is 5.32 Å². The van der Waals surface area contributed by atoms with Gasteiger partial charge in [0, 0.05) is 18.6 Å². The number of carbonyl (C=O) groups excluding carboxylic acids is 1. The van der Waals surface area contributed by atoms with Gasteiger partial charge in [0.2, 0.25) is 0 Å².